The molecule has 0 unspecified atom stereocenters. The highest BCUT2D eigenvalue weighted by atomic mass is 32.2. The molecule has 0 saturated carbocycles. The monoisotopic (exact) mass is 328 g/mol. The van der Waals surface area contributed by atoms with Crippen molar-refractivity contribution in [3.05, 3.63) is 53.5 Å². The molecular formula is C17H16N2OS2. The van der Waals surface area contributed by atoms with Crippen LogP contribution in [0.5, 0.6) is 0 Å². The number of carbonyl (C=O) groups excluding carboxylic acids is 1. The fourth-order valence-corrected chi connectivity index (χ4v) is 3.87. The number of nitrogens with zero attached hydrogens (tertiary/aromatic N) is 1. The van der Waals surface area contributed by atoms with Crippen LogP contribution in [-0.4, -0.2) is 16.1 Å². The van der Waals surface area contributed by atoms with Gasteiger partial charge in [0.2, 0.25) is 5.91 Å². The lowest BCUT2D eigenvalue weighted by molar-refractivity contribution is -0.115. The van der Waals surface area contributed by atoms with Crippen molar-refractivity contribution in [1.29, 1.82) is 0 Å². The summed E-state index contributed by atoms with van der Waals surface area (Å²) in [7, 11) is 0. The van der Waals surface area contributed by atoms with E-state index in [1.54, 1.807) is 23.1 Å². The molecule has 0 bridgehead atoms. The predicted octanol–water partition coefficient (Wildman–Crippen LogP) is 4.72. The fraction of sp³-hybridized carbons (Fsp3) is 0.176. The Hall–Kier alpha value is -1.85. The Balaban J connectivity index is 1.69. The average Bonchev–Trinajstić information content (AvgIpc) is 2.87. The number of carbonyl (C=O) groups is 1. The number of aromatic nitrogens is 1. The van der Waals surface area contributed by atoms with Crippen LogP contribution in [0.3, 0.4) is 0 Å². The van der Waals surface area contributed by atoms with Gasteiger partial charge in [0.1, 0.15) is 0 Å². The topological polar surface area (TPSA) is 42.0 Å². The number of thiazole rings is 1. The summed E-state index contributed by atoms with van der Waals surface area (Å²) in [6.45, 7) is 3.91. The fourth-order valence-electron chi connectivity index (χ4n) is 2.12. The normalized spacial score (nSPS) is 12.3. The van der Waals surface area contributed by atoms with E-state index in [1.165, 1.54) is 0 Å². The molecule has 1 atom stereocenters. The highest BCUT2D eigenvalue weighted by Crippen LogP contribution is 2.26. The molecule has 1 aromatic heterocycles. The molecule has 3 rings (SSSR count). The molecule has 22 heavy (non-hydrogen) atoms. The summed E-state index contributed by atoms with van der Waals surface area (Å²) < 4.78 is 1.10. The summed E-state index contributed by atoms with van der Waals surface area (Å²) in [5.41, 5.74) is 1.80. The van der Waals surface area contributed by atoms with Gasteiger partial charge in [-0.2, -0.15) is 0 Å². The van der Waals surface area contributed by atoms with E-state index < -0.39 is 0 Å². The van der Waals surface area contributed by atoms with E-state index in [1.807, 2.05) is 62.4 Å². The van der Waals surface area contributed by atoms with Crippen molar-refractivity contribution >= 4 is 44.9 Å². The Morgan fingerprint density at radius 2 is 2.00 bits per heavy atom. The average molecular weight is 328 g/mol. The van der Waals surface area contributed by atoms with E-state index in [4.69, 9.17) is 0 Å². The van der Waals surface area contributed by atoms with Crippen LogP contribution in [0.25, 0.3) is 10.2 Å². The van der Waals surface area contributed by atoms with Gasteiger partial charge < -0.3 is 5.32 Å². The van der Waals surface area contributed by atoms with E-state index in [0.717, 1.165) is 25.8 Å². The van der Waals surface area contributed by atoms with E-state index in [9.17, 15) is 4.79 Å². The zero-order valence-corrected chi connectivity index (χ0v) is 14.0. The van der Waals surface area contributed by atoms with Crippen molar-refractivity contribution in [3.8, 4) is 0 Å². The molecule has 5 heteroatoms. The van der Waals surface area contributed by atoms with Crippen molar-refractivity contribution in [2.75, 3.05) is 5.32 Å². The third kappa shape index (κ3) is 3.48. The van der Waals surface area contributed by atoms with E-state index >= 15 is 0 Å². The first-order valence-corrected chi connectivity index (χ1v) is 8.71. The maximum Gasteiger partial charge on any atom is 0.237 e. The van der Waals surface area contributed by atoms with Gasteiger partial charge in [-0.3, -0.25) is 4.79 Å². The summed E-state index contributed by atoms with van der Waals surface area (Å²) in [4.78, 5) is 17.8. The molecular weight excluding hydrogens is 312 g/mol. The molecule has 3 aromatic rings. The largest absolute Gasteiger partial charge is 0.325 e. The molecule has 1 N–H and O–H groups in total. The molecule has 0 aliphatic rings. The van der Waals surface area contributed by atoms with Gasteiger partial charge in [-0.25, -0.2) is 4.98 Å². The predicted molar refractivity (Wildman–Crippen MR) is 94.7 cm³/mol. The van der Waals surface area contributed by atoms with Crippen molar-refractivity contribution in [2.24, 2.45) is 0 Å². The van der Waals surface area contributed by atoms with Gasteiger partial charge in [-0.15, -0.1) is 23.1 Å². The number of anilines is 1. The van der Waals surface area contributed by atoms with Gasteiger partial charge in [0.15, 0.2) is 0 Å². The third-order valence-corrected chi connectivity index (χ3v) is 5.23. The Kier molecular flexibility index (Phi) is 4.45. The van der Waals surface area contributed by atoms with Gasteiger partial charge in [-0.1, -0.05) is 18.2 Å². The van der Waals surface area contributed by atoms with Gasteiger partial charge >= 0.3 is 0 Å². The molecule has 0 fully saturated rings. The number of benzene rings is 2. The highest BCUT2D eigenvalue weighted by Gasteiger charge is 2.14. The van der Waals surface area contributed by atoms with E-state index in [2.05, 4.69) is 10.3 Å². The number of fused-ring (bicyclic) bond motifs is 1. The molecule has 0 radical (unpaired) electrons. The lowest BCUT2D eigenvalue weighted by Gasteiger charge is -2.12. The van der Waals surface area contributed by atoms with Crippen molar-refractivity contribution in [3.63, 3.8) is 0 Å². The Morgan fingerprint density at radius 3 is 2.77 bits per heavy atom. The molecule has 0 saturated heterocycles. The lowest BCUT2D eigenvalue weighted by Crippen LogP contribution is -2.22. The number of hydrogen-bond donors (Lipinski definition) is 1. The van der Waals surface area contributed by atoms with Gasteiger partial charge in [0, 0.05) is 10.6 Å². The maximum atomic E-state index is 12.3. The number of rotatable bonds is 4. The Labute approximate surface area is 137 Å². The van der Waals surface area contributed by atoms with Crippen LogP contribution in [0.2, 0.25) is 0 Å². The van der Waals surface area contributed by atoms with Crippen molar-refractivity contribution < 1.29 is 4.79 Å². The van der Waals surface area contributed by atoms with Crippen LogP contribution in [0, 0.1) is 6.92 Å². The number of nitrogens with one attached hydrogen (secondary N) is 1. The van der Waals surface area contributed by atoms with Crippen LogP contribution in [0.1, 0.15) is 11.9 Å². The van der Waals surface area contributed by atoms with E-state index in [0.29, 0.717) is 0 Å². The number of hydrogen-bond acceptors (Lipinski definition) is 4. The van der Waals surface area contributed by atoms with E-state index in [-0.39, 0.29) is 11.2 Å². The highest BCUT2D eigenvalue weighted by molar-refractivity contribution is 8.00. The molecule has 0 aliphatic heterocycles. The van der Waals surface area contributed by atoms with Crippen molar-refractivity contribution in [1.82, 2.24) is 4.98 Å². The number of amides is 1. The molecule has 112 valence electrons. The Morgan fingerprint density at radius 1 is 1.23 bits per heavy atom. The zero-order chi connectivity index (χ0) is 15.5. The van der Waals surface area contributed by atoms with Gasteiger partial charge in [0.25, 0.3) is 0 Å². The second-order valence-electron chi connectivity index (χ2n) is 4.98. The number of aryl methyl sites for hydroxylation is 1. The lowest BCUT2D eigenvalue weighted by atomic mass is 10.3. The van der Waals surface area contributed by atoms with Gasteiger partial charge in [0.05, 0.1) is 20.5 Å². The summed E-state index contributed by atoms with van der Waals surface area (Å²) >= 11 is 3.19. The summed E-state index contributed by atoms with van der Waals surface area (Å²) in [6, 6.07) is 15.8. The second-order valence-corrected chi connectivity index (χ2v) is 7.63. The molecule has 1 amide bonds. The first kappa shape index (κ1) is 15.1. The van der Waals surface area contributed by atoms with Gasteiger partial charge in [-0.05, 0) is 44.2 Å². The minimum Gasteiger partial charge on any atom is -0.325 e. The summed E-state index contributed by atoms with van der Waals surface area (Å²) in [6.07, 6.45) is 0. The minimum absolute atomic E-state index is 0.00874. The first-order valence-electron chi connectivity index (χ1n) is 7.01. The maximum absolute atomic E-state index is 12.3. The standard InChI is InChI=1S/C17H16N2OS2/c1-11(21-14-6-4-3-5-7-14)17(20)19-13-8-9-15-16(10-13)22-12(2)18-15/h3-11H,1-2H3,(H,19,20)/t11-/m0/s1. The molecule has 0 aliphatic carbocycles. The van der Waals surface area contributed by atoms with Crippen LogP contribution in [0.4, 0.5) is 5.69 Å². The molecule has 3 nitrogen and oxygen atoms in total. The van der Waals surface area contributed by atoms with Crippen molar-refractivity contribution in [2.45, 2.75) is 24.0 Å². The second kappa shape index (κ2) is 6.50. The molecule has 2 aromatic carbocycles. The quantitative estimate of drug-likeness (QED) is 0.704. The summed E-state index contributed by atoms with van der Waals surface area (Å²) in [5.74, 6) is 0.00874. The van der Waals surface area contributed by atoms with Crippen LogP contribution in [0.15, 0.2) is 53.4 Å². The van der Waals surface area contributed by atoms with Crippen LogP contribution >= 0.6 is 23.1 Å². The summed E-state index contributed by atoms with van der Waals surface area (Å²) in [5, 5.41) is 3.86. The minimum atomic E-state index is -0.152. The Bertz CT molecular complexity index is 799. The third-order valence-electron chi connectivity index (χ3n) is 3.19. The van der Waals surface area contributed by atoms with Crippen LogP contribution < -0.4 is 5.32 Å². The molecule has 1 heterocycles. The smallest absolute Gasteiger partial charge is 0.237 e. The van der Waals surface area contributed by atoms with Crippen LogP contribution in [-0.2, 0) is 4.79 Å². The number of thioether (sulfide) groups is 1. The molecule has 0 spiro atoms. The zero-order valence-electron chi connectivity index (χ0n) is 12.4. The SMILES string of the molecule is Cc1nc2ccc(NC(=O)[C@H](C)Sc3ccccc3)cc2s1. The first-order chi connectivity index (χ1) is 10.6.